The zero-order valence-corrected chi connectivity index (χ0v) is 17.5. The SMILES string of the molecule is CN(CCCOc1ccc(S(C)(=O)=O)cc1)c1cc(Cl)c(C(F)(F)F)cc1[N+](=O)[O-]. The maximum atomic E-state index is 13.0. The lowest BCUT2D eigenvalue weighted by molar-refractivity contribution is -0.384. The largest absolute Gasteiger partial charge is 0.494 e. The zero-order chi connectivity index (χ0) is 22.7. The summed E-state index contributed by atoms with van der Waals surface area (Å²) in [5.74, 6) is 0.439. The average Bonchev–Trinajstić information content (AvgIpc) is 2.63. The van der Waals surface area contributed by atoms with E-state index in [9.17, 15) is 31.7 Å². The quantitative estimate of drug-likeness (QED) is 0.321. The molecule has 0 atom stereocenters. The van der Waals surface area contributed by atoms with E-state index in [0.717, 1.165) is 12.3 Å². The van der Waals surface area contributed by atoms with Crippen molar-refractivity contribution in [2.45, 2.75) is 17.5 Å². The van der Waals surface area contributed by atoms with Crippen molar-refractivity contribution in [3.8, 4) is 5.75 Å². The standard InChI is InChI=1S/C18H18ClF3N2O5S/c1-23(8-3-9-29-12-4-6-13(7-5-12)30(2,27)28)16-11-15(19)14(18(20,21)22)10-17(16)24(25)26/h4-7,10-11H,3,8-9H2,1-2H3. The van der Waals surface area contributed by atoms with Crippen molar-refractivity contribution < 1.29 is 31.2 Å². The number of nitro benzene ring substituents is 1. The highest BCUT2D eigenvalue weighted by Gasteiger charge is 2.36. The Morgan fingerprint density at radius 3 is 2.30 bits per heavy atom. The maximum Gasteiger partial charge on any atom is 0.418 e. The van der Waals surface area contributed by atoms with Crippen LogP contribution < -0.4 is 9.64 Å². The van der Waals surface area contributed by atoms with Crippen LogP contribution in [0.25, 0.3) is 0 Å². The molecule has 0 saturated heterocycles. The van der Waals surface area contributed by atoms with E-state index in [0.29, 0.717) is 18.2 Å². The van der Waals surface area contributed by atoms with Gasteiger partial charge in [-0.25, -0.2) is 8.42 Å². The van der Waals surface area contributed by atoms with Crippen LogP contribution in [0.4, 0.5) is 24.5 Å². The number of nitrogens with zero attached hydrogens (tertiary/aromatic N) is 2. The van der Waals surface area contributed by atoms with E-state index >= 15 is 0 Å². The highest BCUT2D eigenvalue weighted by Crippen LogP contribution is 2.41. The molecule has 0 aliphatic carbocycles. The van der Waals surface area contributed by atoms with Crippen molar-refractivity contribution in [1.82, 2.24) is 0 Å². The minimum atomic E-state index is -4.81. The van der Waals surface area contributed by atoms with Gasteiger partial charge in [0.1, 0.15) is 11.4 Å². The van der Waals surface area contributed by atoms with Gasteiger partial charge in [0.05, 0.1) is 27.0 Å². The fraction of sp³-hybridized carbons (Fsp3) is 0.333. The van der Waals surface area contributed by atoms with Crippen LogP contribution >= 0.6 is 11.6 Å². The van der Waals surface area contributed by atoms with Crippen LogP contribution in [0, 0.1) is 10.1 Å². The van der Waals surface area contributed by atoms with E-state index in [2.05, 4.69) is 0 Å². The second-order valence-corrected chi connectivity index (χ2v) is 8.87. The average molecular weight is 467 g/mol. The summed E-state index contributed by atoms with van der Waals surface area (Å²) in [6.45, 7) is 0.439. The molecule has 2 rings (SSSR count). The van der Waals surface area contributed by atoms with Gasteiger partial charge in [-0.2, -0.15) is 13.2 Å². The molecule has 0 aliphatic heterocycles. The minimum Gasteiger partial charge on any atom is -0.494 e. The molecule has 2 aromatic rings. The van der Waals surface area contributed by atoms with Crippen LogP contribution in [0.2, 0.25) is 5.02 Å². The van der Waals surface area contributed by atoms with Crippen LogP contribution in [-0.4, -0.2) is 39.8 Å². The van der Waals surface area contributed by atoms with Crippen LogP contribution in [0.15, 0.2) is 41.3 Å². The summed E-state index contributed by atoms with van der Waals surface area (Å²) in [5.41, 5.74) is -2.02. The zero-order valence-electron chi connectivity index (χ0n) is 15.9. The van der Waals surface area contributed by atoms with Gasteiger partial charge >= 0.3 is 6.18 Å². The summed E-state index contributed by atoms with van der Waals surface area (Å²) >= 11 is 5.68. The smallest absolute Gasteiger partial charge is 0.418 e. The first-order valence-corrected chi connectivity index (χ1v) is 10.8. The first kappa shape index (κ1) is 23.7. The lowest BCUT2D eigenvalue weighted by atomic mass is 10.1. The molecule has 0 N–H and O–H groups in total. The first-order valence-electron chi connectivity index (χ1n) is 8.50. The van der Waals surface area contributed by atoms with Crippen LogP contribution in [0.3, 0.4) is 0 Å². The molecule has 0 heterocycles. The van der Waals surface area contributed by atoms with E-state index in [-0.39, 0.29) is 23.7 Å². The third kappa shape index (κ3) is 5.99. The van der Waals surface area contributed by atoms with Crippen LogP contribution in [0.1, 0.15) is 12.0 Å². The van der Waals surface area contributed by atoms with E-state index in [4.69, 9.17) is 16.3 Å². The molecule has 0 bridgehead atoms. The van der Waals surface area contributed by atoms with E-state index < -0.39 is 37.2 Å². The van der Waals surface area contributed by atoms with Gasteiger partial charge in [-0.3, -0.25) is 10.1 Å². The number of rotatable bonds is 8. The Kier molecular flexibility index (Phi) is 7.19. The van der Waals surface area contributed by atoms with Crippen LogP contribution in [-0.2, 0) is 16.0 Å². The van der Waals surface area contributed by atoms with Crippen molar-refractivity contribution >= 4 is 32.8 Å². The summed E-state index contributed by atoms with van der Waals surface area (Å²) in [5, 5.41) is 10.6. The van der Waals surface area contributed by atoms with E-state index in [1.54, 1.807) is 0 Å². The summed E-state index contributed by atoms with van der Waals surface area (Å²) in [6.07, 6.45) is -3.33. The number of ether oxygens (including phenoxy) is 1. The fourth-order valence-electron chi connectivity index (χ4n) is 2.62. The Morgan fingerprint density at radius 2 is 1.80 bits per heavy atom. The van der Waals surface area contributed by atoms with Gasteiger partial charge in [0.2, 0.25) is 0 Å². The predicted octanol–water partition coefficient (Wildman–Crippen LogP) is 4.58. The van der Waals surface area contributed by atoms with Crippen molar-refractivity contribution in [3.05, 3.63) is 57.1 Å². The first-order chi connectivity index (χ1) is 13.8. The molecule has 30 heavy (non-hydrogen) atoms. The van der Waals surface area contributed by atoms with E-state index in [1.807, 2.05) is 0 Å². The minimum absolute atomic E-state index is 0.0458. The second kappa shape index (κ2) is 9.09. The summed E-state index contributed by atoms with van der Waals surface area (Å²) in [7, 11) is -1.82. The molecular weight excluding hydrogens is 449 g/mol. The fourth-order valence-corrected chi connectivity index (χ4v) is 3.51. The van der Waals surface area contributed by atoms with Crippen LogP contribution in [0.5, 0.6) is 5.75 Å². The Morgan fingerprint density at radius 1 is 1.20 bits per heavy atom. The molecule has 0 spiro atoms. The normalized spacial score (nSPS) is 11.9. The molecule has 0 unspecified atom stereocenters. The van der Waals surface area contributed by atoms with Gasteiger partial charge in [0.25, 0.3) is 5.69 Å². The lowest BCUT2D eigenvalue weighted by Gasteiger charge is -2.21. The maximum absolute atomic E-state index is 13.0. The number of nitro groups is 1. The topological polar surface area (TPSA) is 89.8 Å². The van der Waals surface area contributed by atoms with E-state index in [1.165, 1.54) is 36.2 Å². The number of hydrogen-bond acceptors (Lipinski definition) is 6. The molecule has 0 radical (unpaired) electrons. The molecule has 2 aromatic carbocycles. The molecule has 7 nitrogen and oxygen atoms in total. The molecule has 0 aromatic heterocycles. The number of benzene rings is 2. The van der Waals surface area contributed by atoms with Crippen molar-refractivity contribution in [2.75, 3.05) is 31.4 Å². The number of hydrogen-bond donors (Lipinski definition) is 0. The number of alkyl halides is 3. The third-order valence-corrected chi connectivity index (χ3v) is 5.58. The highest BCUT2D eigenvalue weighted by atomic mass is 35.5. The molecule has 0 aliphatic rings. The van der Waals surface area contributed by atoms with Gasteiger partial charge in [0, 0.05) is 25.9 Å². The Bertz CT molecular complexity index is 1030. The molecule has 12 heteroatoms. The monoisotopic (exact) mass is 466 g/mol. The molecule has 0 saturated carbocycles. The van der Waals surface area contributed by atoms with Gasteiger partial charge < -0.3 is 9.64 Å². The van der Waals surface area contributed by atoms with Gasteiger partial charge in [-0.1, -0.05) is 11.6 Å². The summed E-state index contributed by atoms with van der Waals surface area (Å²) in [4.78, 5) is 11.9. The Labute approximate surface area is 176 Å². The molecule has 0 amide bonds. The van der Waals surface area contributed by atoms with Gasteiger partial charge in [-0.15, -0.1) is 0 Å². The van der Waals surface area contributed by atoms with Gasteiger partial charge in [-0.05, 0) is 36.8 Å². The van der Waals surface area contributed by atoms with Crippen molar-refractivity contribution in [2.24, 2.45) is 0 Å². The molecular formula is C18H18ClF3N2O5S. The summed E-state index contributed by atoms with van der Waals surface area (Å²) in [6, 6.07) is 7.16. The van der Waals surface area contributed by atoms with Gasteiger partial charge in [0.15, 0.2) is 9.84 Å². The predicted molar refractivity (Wildman–Crippen MR) is 106 cm³/mol. The number of sulfone groups is 1. The van der Waals surface area contributed by atoms with Crippen molar-refractivity contribution in [3.63, 3.8) is 0 Å². The lowest BCUT2D eigenvalue weighted by Crippen LogP contribution is -2.22. The van der Waals surface area contributed by atoms with Crippen molar-refractivity contribution in [1.29, 1.82) is 0 Å². The Hall–Kier alpha value is -2.53. The Balaban J connectivity index is 2.03. The highest BCUT2D eigenvalue weighted by molar-refractivity contribution is 7.90. The molecule has 0 fully saturated rings. The number of anilines is 1. The third-order valence-electron chi connectivity index (χ3n) is 4.14. The number of halogens is 4. The summed E-state index contributed by atoms with van der Waals surface area (Å²) < 4.78 is 67.2. The second-order valence-electron chi connectivity index (χ2n) is 6.44. The molecule has 164 valence electrons.